The molecule has 0 radical (unpaired) electrons. The fourth-order valence-electron chi connectivity index (χ4n) is 3.27. The monoisotopic (exact) mass is 384 g/mol. The molecule has 0 aliphatic heterocycles. The second-order valence-electron chi connectivity index (χ2n) is 6.84. The van der Waals surface area contributed by atoms with Gasteiger partial charge in [-0.15, -0.1) is 0 Å². The van der Waals surface area contributed by atoms with Gasteiger partial charge in [0.25, 0.3) is 0 Å². The molecule has 0 N–H and O–H groups in total. The molecule has 0 bridgehead atoms. The first-order valence-corrected chi connectivity index (χ1v) is 9.16. The van der Waals surface area contributed by atoms with Gasteiger partial charge in [-0.25, -0.2) is 0 Å². The average molecular weight is 384 g/mol. The summed E-state index contributed by atoms with van der Waals surface area (Å²) < 4.78 is 17.7. The van der Waals surface area contributed by atoms with Gasteiger partial charge in [0.05, 0.1) is 18.5 Å². The van der Waals surface area contributed by atoms with E-state index in [1.807, 2.05) is 50.5 Å². The SMILES string of the molecule is Cc1noc(C)c1CCC(=O)OCC(=O)c1cc(C)n(Cc2ccco2)c1C. The molecule has 148 valence electrons. The summed E-state index contributed by atoms with van der Waals surface area (Å²) in [4.78, 5) is 24.6. The number of rotatable bonds is 8. The highest BCUT2D eigenvalue weighted by Crippen LogP contribution is 2.19. The number of Topliss-reactive ketones (excluding diaryl/α,β-unsaturated/α-hetero) is 1. The lowest BCUT2D eigenvalue weighted by atomic mass is 10.1. The molecule has 0 aromatic carbocycles. The Labute approximate surface area is 163 Å². The van der Waals surface area contributed by atoms with E-state index < -0.39 is 5.97 Å². The Morgan fingerprint density at radius 3 is 2.64 bits per heavy atom. The molecule has 7 nitrogen and oxygen atoms in total. The third-order valence-electron chi connectivity index (χ3n) is 4.89. The highest BCUT2D eigenvalue weighted by atomic mass is 16.5. The van der Waals surface area contributed by atoms with E-state index in [2.05, 4.69) is 5.16 Å². The van der Waals surface area contributed by atoms with E-state index in [-0.39, 0.29) is 18.8 Å². The summed E-state index contributed by atoms with van der Waals surface area (Å²) in [6.07, 6.45) is 2.27. The van der Waals surface area contributed by atoms with E-state index in [0.29, 0.717) is 24.3 Å². The maximum Gasteiger partial charge on any atom is 0.306 e. The van der Waals surface area contributed by atoms with Crippen molar-refractivity contribution in [1.29, 1.82) is 0 Å². The lowest BCUT2D eigenvalue weighted by Gasteiger charge is -2.08. The second-order valence-corrected chi connectivity index (χ2v) is 6.84. The summed E-state index contributed by atoms with van der Waals surface area (Å²) in [7, 11) is 0. The van der Waals surface area contributed by atoms with E-state index in [1.54, 1.807) is 6.26 Å². The molecule has 0 fully saturated rings. The topological polar surface area (TPSA) is 87.5 Å². The number of esters is 1. The predicted molar refractivity (Wildman–Crippen MR) is 101 cm³/mol. The molecule has 28 heavy (non-hydrogen) atoms. The zero-order chi connectivity index (χ0) is 20.3. The van der Waals surface area contributed by atoms with E-state index in [0.717, 1.165) is 28.4 Å². The summed E-state index contributed by atoms with van der Waals surface area (Å²) in [5.41, 5.74) is 4.00. The zero-order valence-corrected chi connectivity index (χ0v) is 16.6. The molecule has 0 atom stereocenters. The fraction of sp³-hybridized carbons (Fsp3) is 0.381. The van der Waals surface area contributed by atoms with Gasteiger partial charge in [-0.3, -0.25) is 9.59 Å². The van der Waals surface area contributed by atoms with Crippen molar-refractivity contribution >= 4 is 11.8 Å². The summed E-state index contributed by atoms with van der Waals surface area (Å²) in [5.74, 6) is 0.874. The van der Waals surface area contributed by atoms with Gasteiger partial charge < -0.3 is 18.2 Å². The smallest absolute Gasteiger partial charge is 0.306 e. The Bertz CT molecular complexity index is 960. The van der Waals surface area contributed by atoms with Gasteiger partial charge in [-0.1, -0.05) is 5.16 Å². The quantitative estimate of drug-likeness (QED) is 0.435. The van der Waals surface area contributed by atoms with Gasteiger partial charge in [0.1, 0.15) is 11.5 Å². The van der Waals surface area contributed by atoms with Crippen molar-refractivity contribution in [3.63, 3.8) is 0 Å². The molecular formula is C21H24N2O5. The number of aromatic nitrogens is 2. The highest BCUT2D eigenvalue weighted by Gasteiger charge is 2.18. The minimum Gasteiger partial charge on any atom is -0.467 e. The van der Waals surface area contributed by atoms with E-state index in [1.165, 1.54) is 0 Å². The molecule has 0 amide bonds. The van der Waals surface area contributed by atoms with E-state index in [4.69, 9.17) is 13.7 Å². The van der Waals surface area contributed by atoms with Crippen molar-refractivity contribution in [1.82, 2.24) is 9.72 Å². The van der Waals surface area contributed by atoms with Crippen LogP contribution < -0.4 is 0 Å². The van der Waals surface area contributed by atoms with Crippen LogP contribution in [0, 0.1) is 27.7 Å². The van der Waals surface area contributed by atoms with Crippen LogP contribution in [0.4, 0.5) is 0 Å². The number of ketones is 1. The minimum atomic E-state index is -0.419. The molecule has 0 saturated carbocycles. The first-order valence-electron chi connectivity index (χ1n) is 9.16. The zero-order valence-electron chi connectivity index (χ0n) is 16.6. The molecule has 3 aromatic heterocycles. The third kappa shape index (κ3) is 4.24. The molecule has 0 saturated heterocycles. The molecular weight excluding hydrogens is 360 g/mol. The van der Waals surface area contributed by atoms with Gasteiger partial charge in [-0.05, 0) is 52.3 Å². The van der Waals surface area contributed by atoms with Crippen molar-refractivity contribution in [3.8, 4) is 0 Å². The standard InChI is InChI=1S/C21H24N2O5/c1-13-10-19(15(3)23(13)11-17-6-5-9-26-17)20(24)12-27-21(25)8-7-18-14(2)22-28-16(18)4/h5-6,9-10H,7-8,11-12H2,1-4H3. The molecule has 3 heterocycles. The number of nitrogens with zero attached hydrogens (tertiary/aromatic N) is 2. The Morgan fingerprint density at radius 1 is 1.21 bits per heavy atom. The molecule has 0 aliphatic rings. The van der Waals surface area contributed by atoms with Gasteiger partial charge in [0, 0.05) is 28.9 Å². The summed E-state index contributed by atoms with van der Waals surface area (Å²) in [6.45, 7) is 7.73. The van der Waals surface area contributed by atoms with Crippen molar-refractivity contribution in [3.05, 3.63) is 64.2 Å². The number of aryl methyl sites for hydroxylation is 3. The first kappa shape index (κ1) is 19.7. The van der Waals surface area contributed by atoms with Crippen LogP contribution >= 0.6 is 0 Å². The minimum absolute atomic E-state index is 0.174. The van der Waals surface area contributed by atoms with Crippen molar-refractivity contribution in [2.75, 3.05) is 6.61 Å². The fourth-order valence-corrected chi connectivity index (χ4v) is 3.27. The van der Waals surface area contributed by atoms with Crippen LogP contribution in [-0.2, 0) is 22.5 Å². The third-order valence-corrected chi connectivity index (χ3v) is 4.89. The van der Waals surface area contributed by atoms with Gasteiger partial charge in [-0.2, -0.15) is 0 Å². The summed E-state index contributed by atoms with van der Waals surface area (Å²) >= 11 is 0. The van der Waals surface area contributed by atoms with Gasteiger partial charge in [0.15, 0.2) is 6.61 Å². The van der Waals surface area contributed by atoms with Gasteiger partial charge in [0.2, 0.25) is 5.78 Å². The van der Waals surface area contributed by atoms with Crippen molar-refractivity contribution in [2.45, 2.75) is 47.1 Å². The number of hydrogen-bond acceptors (Lipinski definition) is 6. The number of hydrogen-bond donors (Lipinski definition) is 0. The van der Waals surface area contributed by atoms with Crippen molar-refractivity contribution < 1.29 is 23.3 Å². The lowest BCUT2D eigenvalue weighted by Crippen LogP contribution is -2.15. The average Bonchev–Trinajstić information content (AvgIpc) is 3.36. The summed E-state index contributed by atoms with van der Waals surface area (Å²) in [6, 6.07) is 5.54. The second kappa shape index (κ2) is 8.29. The maximum absolute atomic E-state index is 12.5. The Balaban J connectivity index is 1.57. The van der Waals surface area contributed by atoms with E-state index >= 15 is 0 Å². The molecule has 0 unspecified atom stereocenters. The normalized spacial score (nSPS) is 11.0. The number of furan rings is 1. The maximum atomic E-state index is 12.5. The van der Waals surface area contributed by atoms with Crippen LogP contribution in [0.2, 0.25) is 0 Å². The first-order chi connectivity index (χ1) is 13.4. The lowest BCUT2D eigenvalue weighted by molar-refractivity contribution is -0.142. The highest BCUT2D eigenvalue weighted by molar-refractivity contribution is 5.99. The number of ether oxygens (including phenoxy) is 1. The van der Waals surface area contributed by atoms with Crippen LogP contribution in [0.5, 0.6) is 0 Å². The van der Waals surface area contributed by atoms with Crippen LogP contribution in [0.1, 0.15) is 50.9 Å². The van der Waals surface area contributed by atoms with Crippen LogP contribution in [0.15, 0.2) is 33.4 Å². The molecule has 7 heteroatoms. The Kier molecular flexibility index (Phi) is 5.82. The van der Waals surface area contributed by atoms with Crippen LogP contribution in [0.25, 0.3) is 0 Å². The van der Waals surface area contributed by atoms with Crippen molar-refractivity contribution in [2.24, 2.45) is 0 Å². The summed E-state index contributed by atoms with van der Waals surface area (Å²) in [5, 5.41) is 3.86. The predicted octanol–water partition coefficient (Wildman–Crippen LogP) is 3.71. The molecule has 0 aliphatic carbocycles. The molecule has 3 aromatic rings. The van der Waals surface area contributed by atoms with Crippen LogP contribution in [0.3, 0.4) is 0 Å². The molecule has 3 rings (SSSR count). The Morgan fingerprint density at radius 2 is 2.00 bits per heavy atom. The van der Waals surface area contributed by atoms with E-state index in [9.17, 15) is 9.59 Å². The number of carbonyl (C=O) groups excluding carboxylic acids is 2. The molecule has 0 spiro atoms. The van der Waals surface area contributed by atoms with Crippen LogP contribution in [-0.4, -0.2) is 28.1 Å². The Hall–Kier alpha value is -3.09. The largest absolute Gasteiger partial charge is 0.467 e. The number of carbonyl (C=O) groups is 2. The van der Waals surface area contributed by atoms with Gasteiger partial charge >= 0.3 is 5.97 Å².